The van der Waals surface area contributed by atoms with Gasteiger partial charge >= 0.3 is 5.97 Å². The predicted octanol–water partition coefficient (Wildman–Crippen LogP) is -0.165. The largest absolute Gasteiger partial charge is 0.452 e. The third-order valence-electron chi connectivity index (χ3n) is 4.09. The van der Waals surface area contributed by atoms with E-state index in [1.54, 1.807) is 5.32 Å². The quantitative estimate of drug-likeness (QED) is 0.250. The molecule has 0 bridgehead atoms. The monoisotopic (exact) mass is 379 g/mol. The summed E-state index contributed by atoms with van der Waals surface area (Å²) < 4.78 is 20.1. The van der Waals surface area contributed by atoms with Crippen LogP contribution in [0.2, 0.25) is 0 Å². The van der Waals surface area contributed by atoms with Crippen LogP contribution in [0.25, 0.3) is 0 Å². The number of nitrogens with zero attached hydrogens (tertiary/aromatic N) is 2. The predicted molar refractivity (Wildman–Crippen MR) is 80.8 cm³/mol. The van der Waals surface area contributed by atoms with Crippen LogP contribution in [0, 0.1) is 10.1 Å². The first-order valence-corrected chi connectivity index (χ1v) is 7.45. The number of halogens is 1. The van der Waals surface area contributed by atoms with Crippen LogP contribution in [-0.2, 0) is 19.1 Å². The second-order valence-corrected chi connectivity index (χ2v) is 5.78. The number of amides is 4. The molecule has 0 aliphatic carbocycles. The van der Waals surface area contributed by atoms with E-state index in [9.17, 15) is 34.1 Å². The first kappa shape index (κ1) is 18.1. The van der Waals surface area contributed by atoms with E-state index in [1.807, 2.05) is 0 Å². The van der Waals surface area contributed by atoms with Crippen LogP contribution in [0.3, 0.4) is 0 Å². The Kier molecular flexibility index (Phi) is 3.98. The van der Waals surface area contributed by atoms with Crippen molar-refractivity contribution >= 4 is 35.3 Å². The minimum absolute atomic E-state index is 0.0943. The molecule has 1 aromatic rings. The van der Waals surface area contributed by atoms with Gasteiger partial charge in [0.1, 0.15) is 5.56 Å². The van der Waals surface area contributed by atoms with E-state index in [1.165, 1.54) is 0 Å². The lowest BCUT2D eigenvalue weighted by molar-refractivity contribution is -0.385. The number of carbonyl (C=O) groups is 5. The summed E-state index contributed by atoms with van der Waals surface area (Å²) in [6.45, 7) is 0.939. The highest BCUT2D eigenvalue weighted by atomic mass is 19.1. The number of nitro groups is 1. The van der Waals surface area contributed by atoms with Crippen LogP contribution in [0.15, 0.2) is 18.2 Å². The molecule has 0 aromatic heterocycles. The Bertz CT molecular complexity index is 945. The number of piperidine rings is 1. The molecule has 2 unspecified atom stereocenters. The zero-order valence-electron chi connectivity index (χ0n) is 13.6. The topological polar surface area (TPSA) is 153 Å². The van der Waals surface area contributed by atoms with Crippen molar-refractivity contribution in [3.05, 3.63) is 39.4 Å². The van der Waals surface area contributed by atoms with Crippen molar-refractivity contribution in [3.63, 3.8) is 0 Å². The summed E-state index contributed by atoms with van der Waals surface area (Å²) in [5, 5.41) is 12.7. The number of hydrogen-bond donors (Lipinski definition) is 1. The summed E-state index contributed by atoms with van der Waals surface area (Å²) in [6.07, 6.45) is -2.90. The van der Waals surface area contributed by atoms with Gasteiger partial charge in [0.2, 0.25) is 0 Å². The maximum absolute atomic E-state index is 15.5. The van der Waals surface area contributed by atoms with Gasteiger partial charge in [-0.25, -0.2) is 9.29 Å². The average molecular weight is 379 g/mol. The summed E-state index contributed by atoms with van der Waals surface area (Å²) in [5.74, 6) is -9.76. The number of nitro benzene ring substituents is 1. The molecule has 2 atom stereocenters. The SMILES string of the molecule is CC(=O)OC1CC(F)(N2C(=O)c3cccc([N+](=O)[O-])c3C2=O)C(=O)NC1=O. The molecule has 3 rings (SSSR count). The lowest BCUT2D eigenvalue weighted by Crippen LogP contribution is -2.66. The molecule has 1 aromatic carbocycles. The molecule has 27 heavy (non-hydrogen) atoms. The molecule has 4 amide bonds. The number of carbonyl (C=O) groups excluding carboxylic acids is 5. The van der Waals surface area contributed by atoms with Crippen molar-refractivity contribution in [2.45, 2.75) is 25.2 Å². The van der Waals surface area contributed by atoms with Gasteiger partial charge in [-0.15, -0.1) is 0 Å². The van der Waals surface area contributed by atoms with Crippen molar-refractivity contribution in [2.75, 3.05) is 0 Å². The molecule has 2 aliphatic heterocycles. The van der Waals surface area contributed by atoms with E-state index >= 15 is 4.39 Å². The highest BCUT2D eigenvalue weighted by Crippen LogP contribution is 2.38. The highest BCUT2D eigenvalue weighted by molar-refractivity contribution is 6.25. The Morgan fingerprint density at radius 2 is 2.00 bits per heavy atom. The summed E-state index contributed by atoms with van der Waals surface area (Å²) in [4.78, 5) is 70.0. The zero-order chi connectivity index (χ0) is 20.1. The smallest absolute Gasteiger partial charge is 0.303 e. The number of fused-ring (bicyclic) bond motifs is 1. The van der Waals surface area contributed by atoms with Gasteiger partial charge < -0.3 is 4.74 Å². The van der Waals surface area contributed by atoms with Gasteiger partial charge in [0.25, 0.3) is 35.1 Å². The molecule has 1 saturated heterocycles. The van der Waals surface area contributed by atoms with Crippen molar-refractivity contribution in [3.8, 4) is 0 Å². The summed E-state index contributed by atoms with van der Waals surface area (Å²) in [5.41, 5.74) is -1.86. The number of rotatable bonds is 3. The fourth-order valence-electron chi connectivity index (χ4n) is 2.95. The number of hydrogen-bond acceptors (Lipinski definition) is 8. The van der Waals surface area contributed by atoms with Crippen molar-refractivity contribution in [1.82, 2.24) is 10.2 Å². The van der Waals surface area contributed by atoms with Crippen LogP contribution < -0.4 is 5.32 Å². The Balaban J connectivity index is 2.06. The Labute approximate surface area is 149 Å². The Morgan fingerprint density at radius 1 is 1.33 bits per heavy atom. The van der Waals surface area contributed by atoms with E-state index in [0.29, 0.717) is 0 Å². The molecule has 1 N–H and O–H groups in total. The maximum atomic E-state index is 15.5. The fraction of sp³-hybridized carbons (Fsp3) is 0.267. The Morgan fingerprint density at radius 3 is 2.59 bits per heavy atom. The van der Waals surface area contributed by atoms with E-state index in [0.717, 1.165) is 25.1 Å². The van der Waals surface area contributed by atoms with Crippen molar-refractivity contribution in [1.29, 1.82) is 0 Å². The molecule has 140 valence electrons. The molecule has 0 spiro atoms. The lowest BCUT2D eigenvalue weighted by atomic mass is 9.98. The summed E-state index contributed by atoms with van der Waals surface area (Å²) in [6, 6.07) is 3.15. The minimum Gasteiger partial charge on any atom is -0.452 e. The Hall–Kier alpha value is -3.70. The van der Waals surface area contributed by atoms with Crippen LogP contribution in [0.4, 0.5) is 10.1 Å². The van der Waals surface area contributed by atoms with Gasteiger partial charge in [-0.1, -0.05) is 6.07 Å². The molecule has 2 heterocycles. The van der Waals surface area contributed by atoms with Crippen LogP contribution >= 0.6 is 0 Å². The first-order valence-electron chi connectivity index (χ1n) is 7.45. The standard InChI is InChI=1S/C15H10FN3O8/c1-6(20)27-9-5-15(16,14(24)17-11(9)21)18-12(22)7-3-2-4-8(19(25)26)10(7)13(18)23/h2-4,9H,5H2,1H3,(H,17,21,24). The van der Waals surface area contributed by atoms with Gasteiger partial charge in [-0.05, 0) is 6.07 Å². The molecule has 1 fully saturated rings. The maximum Gasteiger partial charge on any atom is 0.303 e. The molecule has 2 aliphatic rings. The average Bonchev–Trinajstić information content (AvgIpc) is 2.84. The highest BCUT2D eigenvalue weighted by Gasteiger charge is 2.60. The van der Waals surface area contributed by atoms with E-state index in [4.69, 9.17) is 0 Å². The zero-order valence-corrected chi connectivity index (χ0v) is 13.6. The molecular weight excluding hydrogens is 369 g/mol. The van der Waals surface area contributed by atoms with E-state index in [2.05, 4.69) is 4.74 Å². The number of benzene rings is 1. The van der Waals surface area contributed by atoms with Gasteiger partial charge in [-0.2, -0.15) is 0 Å². The number of nitrogens with one attached hydrogen (secondary N) is 1. The van der Waals surface area contributed by atoms with Gasteiger partial charge in [0, 0.05) is 13.0 Å². The molecule has 0 saturated carbocycles. The van der Waals surface area contributed by atoms with Gasteiger partial charge in [0.05, 0.1) is 16.9 Å². The van der Waals surface area contributed by atoms with E-state index < -0.39 is 69.7 Å². The molecule has 0 radical (unpaired) electrons. The third kappa shape index (κ3) is 2.61. The fourth-order valence-corrected chi connectivity index (χ4v) is 2.95. The summed E-state index contributed by atoms with van der Waals surface area (Å²) >= 11 is 0. The lowest BCUT2D eigenvalue weighted by Gasteiger charge is -2.36. The molecule has 12 heteroatoms. The number of esters is 1. The molecule has 11 nitrogen and oxygen atoms in total. The second kappa shape index (κ2) is 5.93. The number of imide groups is 2. The van der Waals surface area contributed by atoms with E-state index in [-0.39, 0.29) is 4.90 Å². The van der Waals surface area contributed by atoms with Crippen LogP contribution in [0.5, 0.6) is 0 Å². The molecular formula is C15H10FN3O8. The van der Waals surface area contributed by atoms with Gasteiger partial charge in [-0.3, -0.25) is 39.4 Å². The number of ether oxygens (including phenoxy) is 1. The van der Waals surface area contributed by atoms with Crippen molar-refractivity contribution in [2.24, 2.45) is 0 Å². The summed E-state index contributed by atoms with van der Waals surface area (Å²) in [7, 11) is 0. The third-order valence-corrected chi connectivity index (χ3v) is 4.09. The first-order chi connectivity index (χ1) is 12.6. The minimum atomic E-state index is -3.38. The number of alkyl halides is 1. The van der Waals surface area contributed by atoms with Crippen LogP contribution in [0.1, 0.15) is 34.1 Å². The van der Waals surface area contributed by atoms with Gasteiger partial charge in [0.15, 0.2) is 6.10 Å². The normalized spacial score (nSPS) is 24.5. The second-order valence-electron chi connectivity index (χ2n) is 5.78. The van der Waals surface area contributed by atoms with Crippen molar-refractivity contribution < 1.29 is 38.0 Å². The van der Waals surface area contributed by atoms with Crippen LogP contribution in [-0.4, -0.2) is 51.3 Å².